The van der Waals surface area contributed by atoms with Crippen molar-refractivity contribution in [1.29, 1.82) is 0 Å². The van der Waals surface area contributed by atoms with Crippen molar-refractivity contribution in [2.75, 3.05) is 32.1 Å². The highest BCUT2D eigenvalue weighted by Crippen LogP contribution is 2.22. The van der Waals surface area contributed by atoms with Crippen molar-refractivity contribution in [2.45, 2.75) is 51.2 Å². The Morgan fingerprint density at radius 1 is 1.33 bits per heavy atom. The molecule has 1 N–H and O–H groups in total. The molecule has 0 aromatic carbocycles. The molecule has 1 saturated heterocycles. The van der Waals surface area contributed by atoms with Crippen molar-refractivity contribution >= 4 is 5.82 Å². The van der Waals surface area contributed by atoms with E-state index in [-0.39, 0.29) is 0 Å². The Hall–Kier alpha value is -1.13. The third-order valence-electron chi connectivity index (χ3n) is 4.72. The molecule has 1 aromatic heterocycles. The van der Waals surface area contributed by atoms with Crippen LogP contribution in [0.2, 0.25) is 0 Å². The van der Waals surface area contributed by atoms with Crippen LogP contribution in [0.4, 0.5) is 5.82 Å². The van der Waals surface area contributed by atoms with Gasteiger partial charge >= 0.3 is 0 Å². The Labute approximate surface area is 128 Å². The lowest BCUT2D eigenvalue weighted by Gasteiger charge is -2.27. The van der Waals surface area contributed by atoms with Crippen LogP contribution < -0.4 is 10.2 Å². The first-order valence-electron chi connectivity index (χ1n) is 8.24. The molecule has 1 unspecified atom stereocenters. The van der Waals surface area contributed by atoms with Gasteiger partial charge in [0.25, 0.3) is 0 Å². The third-order valence-corrected chi connectivity index (χ3v) is 4.72. The summed E-state index contributed by atoms with van der Waals surface area (Å²) in [5.74, 6) is 1.11. The number of likely N-dealkylation sites (tertiary alicyclic amines) is 1. The summed E-state index contributed by atoms with van der Waals surface area (Å²) in [7, 11) is 4.41. The van der Waals surface area contributed by atoms with Gasteiger partial charge in [-0.05, 0) is 63.9 Å². The zero-order valence-corrected chi connectivity index (χ0v) is 13.6. The number of anilines is 1. The number of likely N-dealkylation sites (N-methyl/N-ethyl adjacent to an activating group) is 2. The van der Waals surface area contributed by atoms with E-state index in [1.54, 1.807) is 0 Å². The predicted molar refractivity (Wildman–Crippen MR) is 87.8 cm³/mol. The molecule has 116 valence electrons. The maximum Gasteiger partial charge on any atom is 0.128 e. The normalized spacial score (nSPS) is 22.7. The summed E-state index contributed by atoms with van der Waals surface area (Å²) in [6, 6.07) is 5.88. The molecule has 1 saturated carbocycles. The van der Waals surface area contributed by atoms with Crippen LogP contribution >= 0.6 is 0 Å². The fraction of sp³-hybridized carbons (Fsp3) is 0.706. The summed E-state index contributed by atoms with van der Waals surface area (Å²) in [5, 5.41) is 3.59. The molecule has 0 spiro atoms. The smallest absolute Gasteiger partial charge is 0.128 e. The molecule has 0 radical (unpaired) electrons. The molecular weight excluding hydrogens is 260 g/mol. The second-order valence-electron chi connectivity index (χ2n) is 6.79. The zero-order valence-electron chi connectivity index (χ0n) is 13.6. The van der Waals surface area contributed by atoms with E-state index in [0.717, 1.165) is 30.6 Å². The number of aryl methyl sites for hydroxylation is 1. The monoisotopic (exact) mass is 288 g/mol. The van der Waals surface area contributed by atoms with E-state index in [9.17, 15) is 0 Å². The molecule has 0 bridgehead atoms. The first kappa shape index (κ1) is 14.8. The first-order chi connectivity index (χ1) is 10.1. The Balaban J connectivity index is 1.64. The number of rotatable bonds is 6. The number of hydrogen-bond donors (Lipinski definition) is 1. The highest BCUT2D eigenvalue weighted by Gasteiger charge is 2.23. The molecule has 1 aliphatic carbocycles. The van der Waals surface area contributed by atoms with Crippen LogP contribution in [-0.2, 0) is 6.54 Å². The molecule has 2 aliphatic rings. The minimum atomic E-state index is 0.672. The number of hydrogen-bond acceptors (Lipinski definition) is 4. The van der Waals surface area contributed by atoms with Gasteiger partial charge in [-0.1, -0.05) is 0 Å². The van der Waals surface area contributed by atoms with Crippen LogP contribution in [0.3, 0.4) is 0 Å². The number of nitrogens with zero attached hydrogens (tertiary/aromatic N) is 3. The van der Waals surface area contributed by atoms with Crippen molar-refractivity contribution in [3.63, 3.8) is 0 Å². The quantitative estimate of drug-likeness (QED) is 0.869. The number of pyridine rings is 1. The van der Waals surface area contributed by atoms with E-state index in [1.807, 2.05) is 0 Å². The van der Waals surface area contributed by atoms with Crippen molar-refractivity contribution in [3.05, 3.63) is 23.4 Å². The molecule has 4 nitrogen and oxygen atoms in total. The van der Waals surface area contributed by atoms with Crippen molar-refractivity contribution < 1.29 is 0 Å². The highest BCUT2D eigenvalue weighted by molar-refractivity contribution is 5.42. The highest BCUT2D eigenvalue weighted by atomic mass is 15.2. The van der Waals surface area contributed by atoms with Gasteiger partial charge in [-0.25, -0.2) is 4.98 Å². The summed E-state index contributed by atoms with van der Waals surface area (Å²) in [4.78, 5) is 9.52. The number of nitrogens with one attached hydrogen (secondary N) is 1. The van der Waals surface area contributed by atoms with Crippen molar-refractivity contribution in [2.24, 2.45) is 0 Å². The topological polar surface area (TPSA) is 31.4 Å². The Morgan fingerprint density at radius 3 is 2.81 bits per heavy atom. The summed E-state index contributed by atoms with van der Waals surface area (Å²) in [6.07, 6.45) is 5.31. The van der Waals surface area contributed by atoms with Gasteiger partial charge in [0.15, 0.2) is 0 Å². The molecule has 2 fully saturated rings. The van der Waals surface area contributed by atoms with Crippen LogP contribution in [0.15, 0.2) is 12.1 Å². The van der Waals surface area contributed by atoms with Gasteiger partial charge in [-0.3, -0.25) is 0 Å². The van der Waals surface area contributed by atoms with Gasteiger partial charge in [0, 0.05) is 37.9 Å². The van der Waals surface area contributed by atoms with Crippen LogP contribution in [0.1, 0.15) is 36.9 Å². The van der Waals surface area contributed by atoms with E-state index >= 15 is 0 Å². The van der Waals surface area contributed by atoms with E-state index < -0.39 is 0 Å². The molecule has 0 amide bonds. The Kier molecular flexibility index (Phi) is 4.45. The molecule has 1 aliphatic heterocycles. The van der Waals surface area contributed by atoms with E-state index in [1.165, 1.54) is 37.8 Å². The summed E-state index contributed by atoms with van der Waals surface area (Å²) in [5.41, 5.74) is 2.47. The van der Waals surface area contributed by atoms with E-state index in [2.05, 4.69) is 48.3 Å². The fourth-order valence-electron chi connectivity index (χ4n) is 3.19. The lowest BCUT2D eigenvalue weighted by molar-refractivity contribution is 0.314. The second-order valence-corrected chi connectivity index (χ2v) is 6.79. The second kappa shape index (κ2) is 6.32. The molecular formula is C17H28N4. The summed E-state index contributed by atoms with van der Waals surface area (Å²) < 4.78 is 0. The van der Waals surface area contributed by atoms with Crippen LogP contribution in [0.25, 0.3) is 0 Å². The minimum Gasteiger partial charge on any atom is -0.358 e. The predicted octanol–water partition coefficient (Wildman–Crippen LogP) is 2.17. The lowest BCUT2D eigenvalue weighted by atomic mass is 10.2. The van der Waals surface area contributed by atoms with Gasteiger partial charge in [-0.15, -0.1) is 0 Å². The molecule has 4 heteroatoms. The third kappa shape index (κ3) is 3.95. The maximum atomic E-state index is 4.72. The van der Waals surface area contributed by atoms with Gasteiger partial charge in [0.1, 0.15) is 5.82 Å². The van der Waals surface area contributed by atoms with Gasteiger partial charge in [0.2, 0.25) is 0 Å². The standard InChI is InChI=1S/C17H28N4/c1-13-9-14(11-18-15-6-7-15)10-17(19-13)21(3)12-16-5-4-8-20(16)2/h9-10,15-16,18H,4-8,11-12H2,1-3H3. The van der Waals surface area contributed by atoms with Gasteiger partial charge < -0.3 is 15.1 Å². The minimum absolute atomic E-state index is 0.672. The maximum absolute atomic E-state index is 4.72. The molecule has 1 atom stereocenters. The zero-order chi connectivity index (χ0) is 14.8. The molecule has 3 rings (SSSR count). The average molecular weight is 288 g/mol. The Bertz CT molecular complexity index is 484. The largest absolute Gasteiger partial charge is 0.358 e. The van der Waals surface area contributed by atoms with E-state index in [4.69, 9.17) is 4.98 Å². The Morgan fingerprint density at radius 2 is 2.14 bits per heavy atom. The summed E-state index contributed by atoms with van der Waals surface area (Å²) >= 11 is 0. The number of aromatic nitrogens is 1. The first-order valence-corrected chi connectivity index (χ1v) is 8.24. The van der Waals surface area contributed by atoms with Crippen LogP contribution in [0.5, 0.6) is 0 Å². The van der Waals surface area contributed by atoms with Crippen LogP contribution in [-0.4, -0.2) is 49.2 Å². The fourth-order valence-corrected chi connectivity index (χ4v) is 3.19. The van der Waals surface area contributed by atoms with Crippen molar-refractivity contribution in [3.8, 4) is 0 Å². The SMILES string of the molecule is Cc1cc(CNC2CC2)cc(N(C)CC2CCCN2C)n1. The van der Waals surface area contributed by atoms with E-state index in [0.29, 0.717) is 6.04 Å². The molecule has 21 heavy (non-hydrogen) atoms. The molecule has 2 heterocycles. The van der Waals surface area contributed by atoms with Crippen LogP contribution in [0, 0.1) is 6.92 Å². The summed E-state index contributed by atoms with van der Waals surface area (Å²) in [6.45, 7) is 5.37. The lowest BCUT2D eigenvalue weighted by Crippen LogP contribution is -2.37. The van der Waals surface area contributed by atoms with Gasteiger partial charge in [0.05, 0.1) is 0 Å². The average Bonchev–Trinajstić information content (AvgIpc) is 3.20. The van der Waals surface area contributed by atoms with Crippen molar-refractivity contribution in [1.82, 2.24) is 15.2 Å². The molecule has 1 aromatic rings. The van der Waals surface area contributed by atoms with Gasteiger partial charge in [-0.2, -0.15) is 0 Å².